The van der Waals surface area contributed by atoms with Crippen LogP contribution in [0.25, 0.3) is 11.2 Å². The molecule has 6 heteroatoms. The largest absolute Gasteiger partial charge is 0.341 e. The van der Waals surface area contributed by atoms with E-state index in [0.717, 1.165) is 24.7 Å². The maximum atomic E-state index is 4.78. The molecule has 1 fully saturated rings. The van der Waals surface area contributed by atoms with Crippen LogP contribution in [0.4, 0.5) is 17.5 Å². The number of fused-ring (bicyclic) bond motifs is 1. The zero-order valence-electron chi connectivity index (χ0n) is 14.7. The van der Waals surface area contributed by atoms with Crippen molar-refractivity contribution in [3.8, 4) is 0 Å². The molecule has 0 bridgehead atoms. The molecule has 0 aliphatic carbocycles. The van der Waals surface area contributed by atoms with Crippen LogP contribution in [0, 0.1) is 13.8 Å². The maximum Gasteiger partial charge on any atom is 0.229 e. The SMILES string of the molecule is Cc1ccc(Nc2nc(N3CCCCC3)nc3nccnc23)c(C)c1. The van der Waals surface area contributed by atoms with E-state index in [4.69, 9.17) is 4.98 Å². The first kappa shape index (κ1) is 15.7. The summed E-state index contributed by atoms with van der Waals surface area (Å²) >= 11 is 0. The Morgan fingerprint density at radius 2 is 1.76 bits per heavy atom. The fraction of sp³-hybridized carbons (Fsp3) is 0.368. The molecule has 1 N–H and O–H groups in total. The molecule has 1 aliphatic rings. The van der Waals surface area contributed by atoms with Gasteiger partial charge in [0.1, 0.15) is 0 Å². The Hall–Kier alpha value is -2.76. The smallest absolute Gasteiger partial charge is 0.229 e. The van der Waals surface area contributed by atoms with Crippen molar-refractivity contribution in [2.75, 3.05) is 23.3 Å². The molecule has 0 amide bonds. The summed E-state index contributed by atoms with van der Waals surface area (Å²) in [6.07, 6.45) is 7.00. The van der Waals surface area contributed by atoms with Crippen molar-refractivity contribution in [2.24, 2.45) is 0 Å². The van der Waals surface area contributed by atoms with Gasteiger partial charge < -0.3 is 10.2 Å². The van der Waals surface area contributed by atoms with Crippen molar-refractivity contribution in [1.82, 2.24) is 19.9 Å². The van der Waals surface area contributed by atoms with Crippen LogP contribution in [0.3, 0.4) is 0 Å². The first-order valence-electron chi connectivity index (χ1n) is 8.79. The third-order valence-electron chi connectivity index (χ3n) is 4.59. The summed E-state index contributed by atoms with van der Waals surface area (Å²) in [5.74, 6) is 1.45. The first-order chi connectivity index (χ1) is 12.2. The first-order valence-corrected chi connectivity index (χ1v) is 8.79. The van der Waals surface area contributed by atoms with E-state index in [1.807, 2.05) is 0 Å². The quantitative estimate of drug-likeness (QED) is 0.786. The highest BCUT2D eigenvalue weighted by molar-refractivity contribution is 5.86. The summed E-state index contributed by atoms with van der Waals surface area (Å²) in [6.45, 7) is 6.18. The second kappa shape index (κ2) is 6.63. The van der Waals surface area contributed by atoms with Crippen molar-refractivity contribution in [3.63, 3.8) is 0 Å². The lowest BCUT2D eigenvalue weighted by Gasteiger charge is -2.27. The van der Waals surface area contributed by atoms with Gasteiger partial charge in [0.2, 0.25) is 5.95 Å². The minimum absolute atomic E-state index is 0.630. The van der Waals surface area contributed by atoms with E-state index < -0.39 is 0 Å². The molecule has 3 aromatic rings. The van der Waals surface area contributed by atoms with Gasteiger partial charge in [0.15, 0.2) is 17.0 Å². The minimum Gasteiger partial charge on any atom is -0.341 e. The monoisotopic (exact) mass is 334 g/mol. The van der Waals surface area contributed by atoms with Crippen LogP contribution < -0.4 is 10.2 Å². The van der Waals surface area contributed by atoms with Crippen LogP contribution in [0.2, 0.25) is 0 Å². The van der Waals surface area contributed by atoms with Gasteiger partial charge >= 0.3 is 0 Å². The van der Waals surface area contributed by atoms with Crippen LogP contribution in [-0.2, 0) is 0 Å². The van der Waals surface area contributed by atoms with Gasteiger partial charge in [-0.2, -0.15) is 9.97 Å². The van der Waals surface area contributed by atoms with Gasteiger partial charge in [-0.1, -0.05) is 17.7 Å². The lowest BCUT2D eigenvalue weighted by atomic mass is 10.1. The standard InChI is InChI=1S/C19H22N6/c1-13-6-7-15(14(2)12-13)22-18-16-17(21-9-8-20-16)23-19(24-18)25-10-4-3-5-11-25/h6-9,12H,3-5,10-11H2,1-2H3,(H,21,22,23,24). The number of nitrogens with zero attached hydrogens (tertiary/aromatic N) is 5. The Morgan fingerprint density at radius 3 is 2.56 bits per heavy atom. The fourth-order valence-corrected chi connectivity index (χ4v) is 3.26. The summed E-state index contributed by atoms with van der Waals surface area (Å²) in [4.78, 5) is 20.5. The molecular weight excluding hydrogens is 312 g/mol. The van der Waals surface area contributed by atoms with Crippen molar-refractivity contribution in [1.29, 1.82) is 0 Å². The molecule has 1 saturated heterocycles. The van der Waals surface area contributed by atoms with Gasteiger partial charge in [0, 0.05) is 31.2 Å². The number of rotatable bonds is 3. The summed E-state index contributed by atoms with van der Waals surface area (Å²) < 4.78 is 0. The third-order valence-corrected chi connectivity index (χ3v) is 4.59. The van der Waals surface area contributed by atoms with Gasteiger partial charge in [-0.15, -0.1) is 0 Å². The topological polar surface area (TPSA) is 66.8 Å². The van der Waals surface area contributed by atoms with Gasteiger partial charge in [-0.3, -0.25) is 0 Å². The molecule has 1 aromatic carbocycles. The van der Waals surface area contributed by atoms with Crippen LogP contribution in [-0.4, -0.2) is 33.0 Å². The van der Waals surface area contributed by atoms with Crippen molar-refractivity contribution >= 4 is 28.6 Å². The molecule has 0 radical (unpaired) electrons. The predicted molar refractivity (Wildman–Crippen MR) is 100 cm³/mol. The number of hydrogen-bond donors (Lipinski definition) is 1. The minimum atomic E-state index is 0.630. The Kier molecular flexibility index (Phi) is 4.17. The van der Waals surface area contributed by atoms with Crippen LogP contribution in [0.1, 0.15) is 30.4 Å². The van der Waals surface area contributed by atoms with Crippen LogP contribution in [0.5, 0.6) is 0 Å². The van der Waals surface area contributed by atoms with Crippen LogP contribution in [0.15, 0.2) is 30.6 Å². The molecule has 0 saturated carbocycles. The lowest BCUT2D eigenvalue weighted by Crippen LogP contribution is -2.31. The molecule has 4 rings (SSSR count). The maximum absolute atomic E-state index is 4.78. The third kappa shape index (κ3) is 3.24. The number of anilines is 3. The van der Waals surface area contributed by atoms with Gasteiger partial charge in [-0.05, 0) is 44.7 Å². The molecule has 0 spiro atoms. The molecule has 1 aliphatic heterocycles. The highest BCUT2D eigenvalue weighted by Gasteiger charge is 2.17. The number of benzene rings is 1. The second-order valence-corrected chi connectivity index (χ2v) is 6.59. The van der Waals surface area contributed by atoms with E-state index in [1.54, 1.807) is 12.4 Å². The van der Waals surface area contributed by atoms with E-state index in [-0.39, 0.29) is 0 Å². The normalized spacial score (nSPS) is 14.7. The Bertz CT molecular complexity index is 902. The van der Waals surface area contributed by atoms with Gasteiger partial charge in [0.05, 0.1) is 0 Å². The molecule has 0 atom stereocenters. The van der Waals surface area contributed by atoms with Gasteiger partial charge in [-0.25, -0.2) is 9.97 Å². The number of aryl methyl sites for hydroxylation is 2. The second-order valence-electron chi connectivity index (χ2n) is 6.59. The Balaban J connectivity index is 1.77. The van der Waals surface area contributed by atoms with E-state index in [0.29, 0.717) is 17.0 Å². The average molecular weight is 334 g/mol. The molecular formula is C19H22N6. The van der Waals surface area contributed by atoms with E-state index in [9.17, 15) is 0 Å². The molecule has 3 heterocycles. The molecule has 0 unspecified atom stereocenters. The van der Waals surface area contributed by atoms with E-state index in [2.05, 4.69) is 57.2 Å². The molecule has 25 heavy (non-hydrogen) atoms. The zero-order valence-corrected chi connectivity index (χ0v) is 14.7. The number of piperidine rings is 1. The van der Waals surface area contributed by atoms with Gasteiger partial charge in [0.25, 0.3) is 0 Å². The van der Waals surface area contributed by atoms with Crippen molar-refractivity contribution in [2.45, 2.75) is 33.1 Å². The Labute approximate surface area is 147 Å². The highest BCUT2D eigenvalue weighted by Crippen LogP contribution is 2.27. The van der Waals surface area contributed by atoms with Crippen LogP contribution >= 0.6 is 0 Å². The summed E-state index contributed by atoms with van der Waals surface area (Å²) in [5, 5.41) is 3.44. The summed E-state index contributed by atoms with van der Waals surface area (Å²) in [6, 6.07) is 6.33. The van der Waals surface area contributed by atoms with E-state index in [1.165, 1.54) is 30.4 Å². The van der Waals surface area contributed by atoms with Crippen molar-refractivity contribution in [3.05, 3.63) is 41.7 Å². The Morgan fingerprint density at radius 1 is 0.960 bits per heavy atom. The zero-order chi connectivity index (χ0) is 17.2. The summed E-state index contributed by atoms with van der Waals surface area (Å²) in [5.41, 5.74) is 4.77. The van der Waals surface area contributed by atoms with E-state index >= 15 is 0 Å². The number of nitrogens with one attached hydrogen (secondary N) is 1. The fourth-order valence-electron chi connectivity index (χ4n) is 3.26. The number of aromatic nitrogens is 4. The number of hydrogen-bond acceptors (Lipinski definition) is 6. The predicted octanol–water partition coefficient (Wildman–Crippen LogP) is 3.77. The highest BCUT2D eigenvalue weighted by atomic mass is 15.3. The summed E-state index contributed by atoms with van der Waals surface area (Å²) in [7, 11) is 0. The van der Waals surface area contributed by atoms with Crippen molar-refractivity contribution < 1.29 is 0 Å². The molecule has 6 nitrogen and oxygen atoms in total. The lowest BCUT2D eigenvalue weighted by molar-refractivity contribution is 0.569. The molecule has 128 valence electrons. The average Bonchev–Trinajstić information content (AvgIpc) is 2.64. The molecule has 2 aromatic heterocycles.